The van der Waals surface area contributed by atoms with Crippen LogP contribution in [-0.4, -0.2) is 9.78 Å². The summed E-state index contributed by atoms with van der Waals surface area (Å²) in [6.45, 7) is 6.17. The minimum atomic E-state index is 0.306. The Labute approximate surface area is 123 Å². The average molecular weight is 322 g/mol. The molecule has 0 amide bonds. The molecule has 0 aliphatic rings. The van der Waals surface area contributed by atoms with Crippen molar-refractivity contribution in [3.63, 3.8) is 0 Å². The highest BCUT2D eigenvalue weighted by atomic mass is 79.9. The van der Waals surface area contributed by atoms with Crippen LogP contribution in [0.5, 0.6) is 0 Å². The van der Waals surface area contributed by atoms with E-state index < -0.39 is 0 Å². The quantitative estimate of drug-likeness (QED) is 0.874. The summed E-state index contributed by atoms with van der Waals surface area (Å²) in [5, 5.41) is 7.89. The lowest BCUT2D eigenvalue weighted by molar-refractivity contribution is 0.516. The van der Waals surface area contributed by atoms with E-state index in [-0.39, 0.29) is 0 Å². The largest absolute Gasteiger partial charge is 0.305 e. The zero-order valence-electron chi connectivity index (χ0n) is 11.4. The first-order valence-electron chi connectivity index (χ1n) is 6.71. The van der Waals surface area contributed by atoms with Gasteiger partial charge in [-0.2, -0.15) is 5.10 Å². The predicted octanol–water partition coefficient (Wildman–Crippen LogP) is 3.91. The summed E-state index contributed by atoms with van der Waals surface area (Å²) in [6.07, 6.45) is 2.98. The fraction of sp³-hybridized carbons (Fsp3) is 0.400. The van der Waals surface area contributed by atoms with Gasteiger partial charge in [0, 0.05) is 29.8 Å². The van der Waals surface area contributed by atoms with Crippen molar-refractivity contribution >= 4 is 15.9 Å². The summed E-state index contributed by atoms with van der Waals surface area (Å²) >= 11 is 3.60. The standard InChI is InChI=1S/C15H20BrN3/c1-3-10-19-13(8-9-18-19)11-17-12(2)14-6-4-5-7-15(14)16/h4-9,12,17H,3,10-11H2,1-2H3. The summed E-state index contributed by atoms with van der Waals surface area (Å²) in [6, 6.07) is 10.7. The lowest BCUT2D eigenvalue weighted by Crippen LogP contribution is -2.20. The molecule has 1 N–H and O–H groups in total. The van der Waals surface area contributed by atoms with Crippen molar-refractivity contribution in [2.45, 2.75) is 39.4 Å². The third-order valence-electron chi connectivity index (χ3n) is 3.20. The first kappa shape index (κ1) is 14.3. The molecule has 0 saturated carbocycles. The number of hydrogen-bond acceptors (Lipinski definition) is 2. The minimum absolute atomic E-state index is 0.306. The Morgan fingerprint density at radius 1 is 1.32 bits per heavy atom. The molecule has 0 saturated heterocycles. The fourth-order valence-corrected chi connectivity index (χ4v) is 2.75. The number of benzene rings is 1. The van der Waals surface area contributed by atoms with E-state index in [0.717, 1.165) is 24.0 Å². The van der Waals surface area contributed by atoms with Gasteiger partial charge in [0.25, 0.3) is 0 Å². The molecule has 1 atom stereocenters. The summed E-state index contributed by atoms with van der Waals surface area (Å²) in [5.74, 6) is 0. The number of rotatable bonds is 6. The molecular formula is C15H20BrN3. The van der Waals surface area contributed by atoms with Gasteiger partial charge in [0.1, 0.15) is 0 Å². The van der Waals surface area contributed by atoms with Gasteiger partial charge in [-0.15, -0.1) is 0 Å². The van der Waals surface area contributed by atoms with E-state index in [1.165, 1.54) is 11.3 Å². The average Bonchev–Trinajstić information content (AvgIpc) is 2.84. The number of hydrogen-bond donors (Lipinski definition) is 1. The number of aromatic nitrogens is 2. The SMILES string of the molecule is CCCn1nccc1CNC(C)c1ccccc1Br. The lowest BCUT2D eigenvalue weighted by atomic mass is 10.1. The number of halogens is 1. The molecule has 0 aliphatic carbocycles. The molecule has 19 heavy (non-hydrogen) atoms. The summed E-state index contributed by atoms with van der Waals surface area (Å²) < 4.78 is 3.22. The third kappa shape index (κ3) is 3.67. The molecule has 102 valence electrons. The van der Waals surface area contributed by atoms with Crippen molar-refractivity contribution in [2.24, 2.45) is 0 Å². The van der Waals surface area contributed by atoms with Gasteiger partial charge in [-0.25, -0.2) is 0 Å². The molecule has 0 fully saturated rings. The molecule has 1 aromatic heterocycles. The Morgan fingerprint density at radius 2 is 2.11 bits per heavy atom. The Balaban J connectivity index is 1.98. The van der Waals surface area contributed by atoms with E-state index in [0.29, 0.717) is 6.04 Å². The Hall–Kier alpha value is -1.13. The summed E-state index contributed by atoms with van der Waals surface area (Å²) in [4.78, 5) is 0. The molecule has 0 radical (unpaired) electrons. The molecule has 2 aromatic rings. The van der Waals surface area contributed by atoms with E-state index in [9.17, 15) is 0 Å². The maximum atomic E-state index is 4.34. The maximum Gasteiger partial charge on any atom is 0.0522 e. The normalized spacial score (nSPS) is 12.6. The van der Waals surface area contributed by atoms with E-state index >= 15 is 0 Å². The van der Waals surface area contributed by atoms with Crippen LogP contribution in [0.25, 0.3) is 0 Å². The highest BCUT2D eigenvalue weighted by Gasteiger charge is 2.09. The molecule has 2 rings (SSSR count). The number of nitrogens with one attached hydrogen (secondary N) is 1. The smallest absolute Gasteiger partial charge is 0.0522 e. The van der Waals surface area contributed by atoms with E-state index in [2.05, 4.69) is 69.1 Å². The highest BCUT2D eigenvalue weighted by molar-refractivity contribution is 9.10. The Kier molecular flexibility index (Phi) is 5.16. The van der Waals surface area contributed by atoms with Crippen LogP contribution in [0.3, 0.4) is 0 Å². The van der Waals surface area contributed by atoms with Crippen molar-refractivity contribution in [1.29, 1.82) is 0 Å². The second-order valence-corrected chi connectivity index (χ2v) is 5.52. The van der Waals surface area contributed by atoms with Crippen molar-refractivity contribution in [3.05, 3.63) is 52.3 Å². The van der Waals surface area contributed by atoms with Gasteiger partial charge in [-0.3, -0.25) is 4.68 Å². The van der Waals surface area contributed by atoms with Crippen molar-refractivity contribution in [2.75, 3.05) is 0 Å². The Morgan fingerprint density at radius 3 is 2.84 bits per heavy atom. The van der Waals surface area contributed by atoms with E-state index in [1.807, 2.05) is 12.3 Å². The van der Waals surface area contributed by atoms with Crippen molar-refractivity contribution in [3.8, 4) is 0 Å². The molecule has 1 aromatic carbocycles. The van der Waals surface area contributed by atoms with Crippen LogP contribution in [0, 0.1) is 0 Å². The molecule has 0 bridgehead atoms. The van der Waals surface area contributed by atoms with Crippen LogP contribution in [-0.2, 0) is 13.1 Å². The summed E-state index contributed by atoms with van der Waals surface area (Å²) in [5.41, 5.74) is 2.52. The second-order valence-electron chi connectivity index (χ2n) is 4.67. The van der Waals surface area contributed by atoms with Crippen molar-refractivity contribution in [1.82, 2.24) is 15.1 Å². The minimum Gasteiger partial charge on any atom is -0.305 e. The van der Waals surface area contributed by atoms with Crippen LogP contribution < -0.4 is 5.32 Å². The van der Waals surface area contributed by atoms with Gasteiger partial charge in [0.05, 0.1) is 5.69 Å². The van der Waals surface area contributed by atoms with E-state index in [4.69, 9.17) is 0 Å². The van der Waals surface area contributed by atoms with Gasteiger partial charge in [0.15, 0.2) is 0 Å². The first-order chi connectivity index (χ1) is 9.22. The predicted molar refractivity (Wildman–Crippen MR) is 81.9 cm³/mol. The fourth-order valence-electron chi connectivity index (χ4n) is 2.12. The van der Waals surface area contributed by atoms with Crippen LogP contribution in [0.1, 0.15) is 37.6 Å². The molecular weight excluding hydrogens is 302 g/mol. The number of aryl methyl sites for hydroxylation is 1. The van der Waals surface area contributed by atoms with E-state index in [1.54, 1.807) is 0 Å². The van der Waals surface area contributed by atoms with Gasteiger partial charge < -0.3 is 5.32 Å². The van der Waals surface area contributed by atoms with Crippen molar-refractivity contribution < 1.29 is 0 Å². The van der Waals surface area contributed by atoms with Crippen LogP contribution >= 0.6 is 15.9 Å². The van der Waals surface area contributed by atoms with Crippen LogP contribution in [0.2, 0.25) is 0 Å². The van der Waals surface area contributed by atoms with Crippen LogP contribution in [0.15, 0.2) is 41.0 Å². The molecule has 4 heteroatoms. The van der Waals surface area contributed by atoms with Gasteiger partial charge in [-0.05, 0) is 31.0 Å². The maximum absolute atomic E-state index is 4.34. The summed E-state index contributed by atoms with van der Waals surface area (Å²) in [7, 11) is 0. The number of nitrogens with zero attached hydrogens (tertiary/aromatic N) is 2. The topological polar surface area (TPSA) is 29.9 Å². The zero-order chi connectivity index (χ0) is 13.7. The molecule has 0 spiro atoms. The molecule has 1 unspecified atom stereocenters. The van der Waals surface area contributed by atoms with Gasteiger partial charge in [0.2, 0.25) is 0 Å². The van der Waals surface area contributed by atoms with Gasteiger partial charge in [-0.1, -0.05) is 41.1 Å². The molecule has 1 heterocycles. The first-order valence-corrected chi connectivity index (χ1v) is 7.50. The highest BCUT2D eigenvalue weighted by Crippen LogP contribution is 2.22. The zero-order valence-corrected chi connectivity index (χ0v) is 13.0. The van der Waals surface area contributed by atoms with Gasteiger partial charge >= 0.3 is 0 Å². The monoisotopic (exact) mass is 321 g/mol. The second kappa shape index (κ2) is 6.87. The Bertz CT molecular complexity index is 522. The molecule has 3 nitrogen and oxygen atoms in total. The molecule has 0 aliphatic heterocycles. The van der Waals surface area contributed by atoms with Crippen LogP contribution in [0.4, 0.5) is 0 Å². The lowest BCUT2D eigenvalue weighted by Gasteiger charge is -2.16. The third-order valence-corrected chi connectivity index (χ3v) is 3.92.